The summed E-state index contributed by atoms with van der Waals surface area (Å²) in [5.74, 6) is -2.84. The van der Waals surface area contributed by atoms with Gasteiger partial charge in [0.25, 0.3) is 5.88 Å². The zero-order valence-electron chi connectivity index (χ0n) is 11.2. The monoisotopic (exact) mass is 295 g/mol. The third-order valence-electron chi connectivity index (χ3n) is 2.72. The zero-order valence-corrected chi connectivity index (χ0v) is 11.2. The van der Waals surface area contributed by atoms with Crippen molar-refractivity contribution in [3.63, 3.8) is 0 Å². The van der Waals surface area contributed by atoms with E-state index in [1.165, 1.54) is 19.2 Å². The maximum absolute atomic E-state index is 13.7. The molecule has 0 atom stereocenters. The minimum absolute atomic E-state index is 0.137. The fourth-order valence-electron chi connectivity index (χ4n) is 1.71. The number of hydrogen-bond donors (Lipinski definition) is 1. The van der Waals surface area contributed by atoms with Gasteiger partial charge in [-0.1, -0.05) is 12.1 Å². The summed E-state index contributed by atoms with van der Waals surface area (Å²) in [5.41, 5.74) is 0.104. The van der Waals surface area contributed by atoms with Crippen LogP contribution in [-0.4, -0.2) is 17.0 Å². The van der Waals surface area contributed by atoms with Gasteiger partial charge in [0.2, 0.25) is 5.75 Å². The maximum atomic E-state index is 13.7. The lowest BCUT2D eigenvalue weighted by Gasteiger charge is -2.10. The smallest absolute Gasteiger partial charge is 0.311 e. The molecule has 0 aliphatic carbocycles. The zero-order chi connectivity index (χ0) is 15.6. The number of nitrogens with zero attached hydrogens (tertiary/aromatic N) is 2. The Morgan fingerprint density at radius 3 is 2.67 bits per heavy atom. The van der Waals surface area contributed by atoms with E-state index in [-0.39, 0.29) is 17.3 Å². The van der Waals surface area contributed by atoms with Crippen molar-refractivity contribution in [1.29, 1.82) is 0 Å². The molecule has 0 amide bonds. The van der Waals surface area contributed by atoms with Gasteiger partial charge in [-0.15, -0.1) is 0 Å². The number of aromatic nitrogens is 1. The lowest BCUT2D eigenvalue weighted by atomic mass is 10.2. The number of anilines is 1. The molecule has 0 saturated heterocycles. The Morgan fingerprint density at radius 1 is 1.33 bits per heavy atom. The molecule has 1 aromatic carbocycles. The van der Waals surface area contributed by atoms with Gasteiger partial charge in [-0.25, -0.2) is 8.78 Å². The molecule has 0 radical (unpaired) electrons. The first-order valence-corrected chi connectivity index (χ1v) is 5.89. The summed E-state index contributed by atoms with van der Waals surface area (Å²) in [4.78, 5) is 13.9. The molecule has 0 spiro atoms. The molecule has 2 aromatic rings. The molecule has 1 N–H and O–H groups in total. The van der Waals surface area contributed by atoms with Gasteiger partial charge >= 0.3 is 5.69 Å². The molecule has 0 fully saturated rings. The lowest BCUT2D eigenvalue weighted by Crippen LogP contribution is -2.03. The van der Waals surface area contributed by atoms with E-state index < -0.39 is 22.4 Å². The Bertz CT molecular complexity index is 707. The highest BCUT2D eigenvalue weighted by Gasteiger charge is 2.21. The number of nitro benzene ring substituents is 1. The van der Waals surface area contributed by atoms with Crippen LogP contribution in [0.4, 0.5) is 20.3 Å². The third kappa shape index (κ3) is 2.88. The first-order chi connectivity index (χ1) is 9.93. The van der Waals surface area contributed by atoms with Crippen LogP contribution in [0.5, 0.6) is 11.6 Å². The number of pyridine rings is 1. The van der Waals surface area contributed by atoms with Gasteiger partial charge in [-0.3, -0.25) is 10.1 Å². The number of aryl methyl sites for hydroxylation is 1. The Morgan fingerprint density at radius 2 is 2.05 bits per heavy atom. The fourth-order valence-corrected chi connectivity index (χ4v) is 1.71. The molecule has 0 bridgehead atoms. The quantitative estimate of drug-likeness (QED) is 0.691. The second-order valence-electron chi connectivity index (χ2n) is 4.14. The molecule has 110 valence electrons. The first-order valence-electron chi connectivity index (χ1n) is 5.89. The van der Waals surface area contributed by atoms with Gasteiger partial charge in [-0.2, -0.15) is 4.98 Å². The van der Waals surface area contributed by atoms with E-state index in [0.717, 1.165) is 0 Å². The number of halogens is 2. The molecule has 2 rings (SSSR count). The number of nitro groups is 1. The normalized spacial score (nSPS) is 10.3. The number of para-hydroxylation sites is 1. The van der Waals surface area contributed by atoms with Crippen LogP contribution in [0, 0.1) is 28.7 Å². The number of hydrogen-bond acceptors (Lipinski definition) is 5. The van der Waals surface area contributed by atoms with Gasteiger partial charge in [0.1, 0.15) is 0 Å². The van der Waals surface area contributed by atoms with Crippen molar-refractivity contribution in [3.8, 4) is 11.6 Å². The lowest BCUT2D eigenvalue weighted by molar-refractivity contribution is -0.385. The molecule has 0 aliphatic heterocycles. The van der Waals surface area contributed by atoms with Crippen molar-refractivity contribution in [2.75, 3.05) is 12.4 Å². The second kappa shape index (κ2) is 5.70. The molecule has 0 aliphatic rings. The van der Waals surface area contributed by atoms with Crippen molar-refractivity contribution in [2.45, 2.75) is 6.92 Å². The summed E-state index contributed by atoms with van der Waals surface area (Å²) in [6, 6.07) is 4.87. The minimum Gasteiger partial charge on any atom is -0.429 e. The van der Waals surface area contributed by atoms with Crippen LogP contribution in [0.1, 0.15) is 5.56 Å². The summed E-state index contributed by atoms with van der Waals surface area (Å²) < 4.78 is 32.2. The van der Waals surface area contributed by atoms with Crippen LogP contribution in [-0.2, 0) is 0 Å². The maximum Gasteiger partial charge on any atom is 0.311 e. The van der Waals surface area contributed by atoms with Crippen LogP contribution >= 0.6 is 0 Å². The Kier molecular flexibility index (Phi) is 3.97. The first kappa shape index (κ1) is 14.6. The SMILES string of the molecule is CNc1nc(Oc2c(C)cccc2[N+](=O)[O-])c(F)cc1F. The number of nitrogens with one attached hydrogen (secondary N) is 1. The Hall–Kier alpha value is -2.77. The predicted octanol–water partition coefficient (Wildman–Crippen LogP) is 3.41. The van der Waals surface area contributed by atoms with Gasteiger partial charge in [0.05, 0.1) is 4.92 Å². The van der Waals surface area contributed by atoms with Crippen LogP contribution in [0.25, 0.3) is 0 Å². The minimum atomic E-state index is -1.05. The van der Waals surface area contributed by atoms with Gasteiger partial charge in [0.15, 0.2) is 17.5 Å². The van der Waals surface area contributed by atoms with Crippen molar-refractivity contribution < 1.29 is 18.4 Å². The average Bonchev–Trinajstić information content (AvgIpc) is 2.43. The average molecular weight is 295 g/mol. The van der Waals surface area contributed by atoms with E-state index in [1.54, 1.807) is 13.0 Å². The van der Waals surface area contributed by atoms with E-state index in [1.807, 2.05) is 0 Å². The molecular weight excluding hydrogens is 284 g/mol. The molecule has 1 heterocycles. The molecular formula is C13H11F2N3O3. The van der Waals surface area contributed by atoms with E-state index in [9.17, 15) is 18.9 Å². The highest BCUT2D eigenvalue weighted by atomic mass is 19.1. The summed E-state index contributed by atoms with van der Waals surface area (Å²) in [7, 11) is 1.41. The van der Waals surface area contributed by atoms with E-state index >= 15 is 0 Å². The van der Waals surface area contributed by atoms with E-state index in [4.69, 9.17) is 4.74 Å². The Balaban J connectivity index is 2.50. The molecule has 21 heavy (non-hydrogen) atoms. The molecule has 1 aromatic heterocycles. The second-order valence-corrected chi connectivity index (χ2v) is 4.14. The summed E-state index contributed by atoms with van der Waals surface area (Å²) in [6.07, 6.45) is 0. The van der Waals surface area contributed by atoms with Crippen LogP contribution in [0.2, 0.25) is 0 Å². The number of rotatable bonds is 4. The molecule has 6 nitrogen and oxygen atoms in total. The summed E-state index contributed by atoms with van der Waals surface area (Å²) >= 11 is 0. The topological polar surface area (TPSA) is 77.3 Å². The molecule has 8 heteroatoms. The number of ether oxygens (including phenoxy) is 1. The van der Waals surface area contributed by atoms with Gasteiger partial charge in [0, 0.05) is 19.2 Å². The van der Waals surface area contributed by atoms with Crippen LogP contribution < -0.4 is 10.1 Å². The standard InChI is InChI=1S/C13H11F2N3O3/c1-7-4-3-5-10(18(19)20)11(7)21-13-9(15)6-8(14)12(16-2)17-13/h3-6H,1-2H3,(H,16,17). The van der Waals surface area contributed by atoms with Crippen molar-refractivity contribution in [1.82, 2.24) is 4.98 Å². The third-order valence-corrected chi connectivity index (χ3v) is 2.72. The Labute approximate surface area is 118 Å². The predicted molar refractivity (Wildman–Crippen MR) is 71.6 cm³/mol. The summed E-state index contributed by atoms with van der Waals surface area (Å²) in [6.45, 7) is 1.57. The van der Waals surface area contributed by atoms with Crippen molar-refractivity contribution >= 4 is 11.5 Å². The largest absolute Gasteiger partial charge is 0.429 e. The fraction of sp³-hybridized carbons (Fsp3) is 0.154. The molecule has 0 saturated carbocycles. The number of benzene rings is 1. The highest BCUT2D eigenvalue weighted by Crippen LogP contribution is 2.35. The summed E-state index contributed by atoms with van der Waals surface area (Å²) in [5, 5.41) is 13.4. The van der Waals surface area contributed by atoms with Crippen LogP contribution in [0.3, 0.4) is 0 Å². The van der Waals surface area contributed by atoms with Gasteiger partial charge < -0.3 is 10.1 Å². The van der Waals surface area contributed by atoms with Crippen molar-refractivity contribution in [2.24, 2.45) is 0 Å². The van der Waals surface area contributed by atoms with E-state index in [0.29, 0.717) is 11.6 Å². The van der Waals surface area contributed by atoms with Crippen LogP contribution in [0.15, 0.2) is 24.3 Å². The van der Waals surface area contributed by atoms with E-state index in [2.05, 4.69) is 10.3 Å². The van der Waals surface area contributed by atoms with Crippen molar-refractivity contribution in [3.05, 3.63) is 51.6 Å². The highest BCUT2D eigenvalue weighted by molar-refractivity contribution is 5.53. The van der Waals surface area contributed by atoms with Gasteiger partial charge in [-0.05, 0) is 12.5 Å². The molecule has 0 unspecified atom stereocenters.